The van der Waals surface area contributed by atoms with Crippen LogP contribution >= 0.6 is 11.3 Å². The highest BCUT2D eigenvalue weighted by molar-refractivity contribution is 7.89. The summed E-state index contributed by atoms with van der Waals surface area (Å²) in [6, 6.07) is 9.92. The van der Waals surface area contributed by atoms with Gasteiger partial charge in [-0.15, -0.1) is 11.3 Å². The van der Waals surface area contributed by atoms with E-state index >= 15 is 0 Å². The molecule has 1 fully saturated rings. The van der Waals surface area contributed by atoms with Gasteiger partial charge in [-0.05, 0) is 49.2 Å². The molecule has 7 nitrogen and oxygen atoms in total. The van der Waals surface area contributed by atoms with E-state index in [9.17, 15) is 13.2 Å². The number of carbonyl (C=O) groups is 1. The maximum Gasteiger partial charge on any atom is 0.243 e. The SMILES string of the molecule is O=C(Cc1csc(-c2ccco2)n1)Nc1ccc(S(=O)(=O)N2CCCCC2)cc1. The van der Waals surface area contributed by atoms with E-state index in [1.807, 2.05) is 11.4 Å². The number of benzene rings is 1. The van der Waals surface area contributed by atoms with E-state index in [2.05, 4.69) is 10.3 Å². The van der Waals surface area contributed by atoms with Crippen molar-refractivity contribution in [2.45, 2.75) is 30.6 Å². The number of anilines is 1. The molecule has 0 aliphatic carbocycles. The molecule has 2 aromatic heterocycles. The number of nitrogens with one attached hydrogen (secondary N) is 1. The Bertz CT molecular complexity index is 1070. The highest BCUT2D eigenvalue weighted by atomic mass is 32.2. The Kier molecular flexibility index (Phi) is 5.79. The van der Waals surface area contributed by atoms with E-state index in [1.165, 1.54) is 27.8 Å². The Morgan fingerprint density at radius 3 is 2.59 bits per heavy atom. The molecule has 3 aromatic rings. The number of furan rings is 1. The number of rotatable bonds is 6. The lowest BCUT2D eigenvalue weighted by Gasteiger charge is -2.25. The minimum atomic E-state index is -3.47. The summed E-state index contributed by atoms with van der Waals surface area (Å²) in [7, 11) is -3.47. The lowest BCUT2D eigenvalue weighted by atomic mass is 10.2. The largest absolute Gasteiger partial charge is 0.462 e. The second kappa shape index (κ2) is 8.48. The van der Waals surface area contributed by atoms with Crippen LogP contribution in [-0.2, 0) is 21.2 Å². The maximum atomic E-state index is 12.7. The first-order valence-corrected chi connectivity index (χ1v) is 11.7. The number of aromatic nitrogens is 1. The van der Waals surface area contributed by atoms with Crippen molar-refractivity contribution in [2.75, 3.05) is 18.4 Å². The van der Waals surface area contributed by atoms with E-state index in [0.29, 0.717) is 30.2 Å². The third-order valence-electron chi connectivity index (χ3n) is 4.72. The highest BCUT2D eigenvalue weighted by Gasteiger charge is 2.25. The van der Waals surface area contributed by atoms with Gasteiger partial charge in [0.2, 0.25) is 15.9 Å². The van der Waals surface area contributed by atoms with Gasteiger partial charge in [-0.3, -0.25) is 4.79 Å². The summed E-state index contributed by atoms with van der Waals surface area (Å²) >= 11 is 1.42. The topological polar surface area (TPSA) is 92.5 Å². The first kappa shape index (κ1) is 19.8. The quantitative estimate of drug-likeness (QED) is 0.642. The van der Waals surface area contributed by atoms with Crippen LogP contribution in [0, 0.1) is 0 Å². The van der Waals surface area contributed by atoms with Crippen molar-refractivity contribution in [3.8, 4) is 10.8 Å². The number of sulfonamides is 1. The van der Waals surface area contributed by atoms with Crippen LogP contribution in [-0.4, -0.2) is 36.7 Å². The van der Waals surface area contributed by atoms with Crippen molar-refractivity contribution in [1.29, 1.82) is 0 Å². The third kappa shape index (κ3) is 4.58. The van der Waals surface area contributed by atoms with Crippen molar-refractivity contribution in [2.24, 2.45) is 0 Å². The van der Waals surface area contributed by atoms with Crippen molar-refractivity contribution in [1.82, 2.24) is 9.29 Å². The van der Waals surface area contributed by atoms with E-state index in [0.717, 1.165) is 24.3 Å². The first-order chi connectivity index (χ1) is 14.0. The number of amides is 1. The van der Waals surface area contributed by atoms with Gasteiger partial charge in [0, 0.05) is 24.2 Å². The van der Waals surface area contributed by atoms with Gasteiger partial charge in [0.15, 0.2) is 10.8 Å². The van der Waals surface area contributed by atoms with Crippen LogP contribution in [0.25, 0.3) is 10.8 Å². The summed E-state index contributed by atoms with van der Waals surface area (Å²) in [5.74, 6) is 0.458. The van der Waals surface area contributed by atoms with Gasteiger partial charge in [0.1, 0.15) is 0 Å². The van der Waals surface area contributed by atoms with Crippen molar-refractivity contribution >= 4 is 33.0 Å². The van der Waals surface area contributed by atoms with Crippen LogP contribution in [0.1, 0.15) is 25.0 Å². The lowest BCUT2D eigenvalue weighted by Crippen LogP contribution is -2.35. The van der Waals surface area contributed by atoms with Crippen LogP contribution in [0.4, 0.5) is 5.69 Å². The van der Waals surface area contributed by atoms with Gasteiger partial charge in [-0.25, -0.2) is 13.4 Å². The predicted octanol–water partition coefficient (Wildman–Crippen LogP) is 3.76. The summed E-state index contributed by atoms with van der Waals surface area (Å²) in [5.41, 5.74) is 1.21. The molecular formula is C20H21N3O4S2. The molecule has 0 bridgehead atoms. The molecule has 152 valence electrons. The number of hydrogen-bond donors (Lipinski definition) is 1. The van der Waals surface area contributed by atoms with E-state index in [-0.39, 0.29) is 17.2 Å². The fourth-order valence-electron chi connectivity index (χ4n) is 3.24. The summed E-state index contributed by atoms with van der Waals surface area (Å²) in [6.07, 6.45) is 4.57. The predicted molar refractivity (Wildman–Crippen MR) is 111 cm³/mol. The molecule has 0 radical (unpaired) electrons. The number of piperidine rings is 1. The zero-order valence-electron chi connectivity index (χ0n) is 15.7. The Balaban J connectivity index is 1.38. The molecule has 1 aliphatic heterocycles. The van der Waals surface area contributed by atoms with Crippen LogP contribution in [0.15, 0.2) is 57.4 Å². The van der Waals surface area contributed by atoms with Crippen LogP contribution < -0.4 is 5.32 Å². The molecule has 0 saturated carbocycles. The van der Waals surface area contributed by atoms with Crippen molar-refractivity contribution in [3.63, 3.8) is 0 Å². The average Bonchev–Trinajstić information content (AvgIpc) is 3.41. The molecule has 3 heterocycles. The fourth-order valence-corrected chi connectivity index (χ4v) is 5.54. The first-order valence-electron chi connectivity index (χ1n) is 9.41. The molecule has 9 heteroatoms. The Morgan fingerprint density at radius 1 is 1.14 bits per heavy atom. The van der Waals surface area contributed by atoms with Crippen molar-refractivity contribution < 1.29 is 17.6 Å². The molecule has 29 heavy (non-hydrogen) atoms. The number of nitrogens with zero attached hydrogens (tertiary/aromatic N) is 2. The fraction of sp³-hybridized carbons (Fsp3) is 0.300. The van der Waals surface area contributed by atoms with Gasteiger partial charge in [0.25, 0.3) is 0 Å². The molecule has 1 saturated heterocycles. The Morgan fingerprint density at radius 2 is 1.90 bits per heavy atom. The summed E-state index contributed by atoms with van der Waals surface area (Å²) in [5, 5.41) is 5.34. The van der Waals surface area contributed by atoms with E-state index in [1.54, 1.807) is 24.5 Å². The maximum absolute atomic E-state index is 12.7. The lowest BCUT2D eigenvalue weighted by molar-refractivity contribution is -0.115. The standard InChI is InChI=1S/C20H21N3O4S2/c24-19(13-16-14-28-20(22-16)18-5-4-12-27-18)21-15-6-8-17(9-7-15)29(25,26)23-10-2-1-3-11-23/h4-9,12,14H,1-3,10-11,13H2,(H,21,24). The molecule has 1 aromatic carbocycles. The van der Waals surface area contributed by atoms with E-state index < -0.39 is 10.0 Å². The number of carbonyl (C=O) groups excluding carboxylic acids is 1. The van der Waals surface area contributed by atoms with Gasteiger partial charge >= 0.3 is 0 Å². The van der Waals surface area contributed by atoms with Gasteiger partial charge in [-0.1, -0.05) is 6.42 Å². The van der Waals surface area contributed by atoms with Gasteiger partial charge < -0.3 is 9.73 Å². The number of hydrogen-bond acceptors (Lipinski definition) is 6. The highest BCUT2D eigenvalue weighted by Crippen LogP contribution is 2.25. The smallest absolute Gasteiger partial charge is 0.243 e. The Hall–Kier alpha value is -2.49. The summed E-state index contributed by atoms with van der Waals surface area (Å²) < 4.78 is 32.2. The van der Waals surface area contributed by atoms with Gasteiger partial charge in [0.05, 0.1) is 23.3 Å². The zero-order valence-corrected chi connectivity index (χ0v) is 17.3. The molecule has 4 rings (SSSR count). The van der Waals surface area contributed by atoms with Gasteiger partial charge in [-0.2, -0.15) is 4.31 Å². The third-order valence-corrected chi connectivity index (χ3v) is 7.53. The number of thiazole rings is 1. The second-order valence-corrected chi connectivity index (χ2v) is 9.63. The van der Waals surface area contributed by atoms with Crippen LogP contribution in [0.3, 0.4) is 0 Å². The molecule has 1 amide bonds. The molecule has 0 atom stereocenters. The molecule has 1 N–H and O–H groups in total. The zero-order chi connectivity index (χ0) is 20.3. The Labute approximate surface area is 173 Å². The monoisotopic (exact) mass is 431 g/mol. The average molecular weight is 432 g/mol. The molecule has 1 aliphatic rings. The van der Waals surface area contributed by atoms with E-state index in [4.69, 9.17) is 4.42 Å². The minimum Gasteiger partial charge on any atom is -0.462 e. The summed E-state index contributed by atoms with van der Waals surface area (Å²) in [4.78, 5) is 17.0. The molecule has 0 unspecified atom stereocenters. The molecular weight excluding hydrogens is 410 g/mol. The van der Waals surface area contributed by atoms with Crippen molar-refractivity contribution in [3.05, 3.63) is 53.7 Å². The van der Waals surface area contributed by atoms with Crippen LogP contribution in [0.5, 0.6) is 0 Å². The van der Waals surface area contributed by atoms with Crippen LogP contribution in [0.2, 0.25) is 0 Å². The second-order valence-electron chi connectivity index (χ2n) is 6.84. The summed E-state index contributed by atoms with van der Waals surface area (Å²) in [6.45, 7) is 1.13. The normalized spacial score (nSPS) is 15.3. The molecule has 0 spiro atoms. The minimum absolute atomic E-state index is 0.130.